The molecule has 0 unspecified atom stereocenters. The second-order valence-corrected chi connectivity index (χ2v) is 8.11. The molecule has 3 atom stereocenters. The number of H-pyrrole nitrogens is 1. The van der Waals surface area contributed by atoms with E-state index < -0.39 is 11.7 Å². The minimum absolute atomic E-state index is 0.0362. The number of likely N-dealkylation sites (tertiary alicyclic amines) is 1. The Kier molecular flexibility index (Phi) is 4.15. The Balaban J connectivity index is 1.33. The molecule has 1 amide bonds. The largest absolute Gasteiger partial charge is 0.416 e. The normalized spacial score (nSPS) is 24.2. The summed E-state index contributed by atoms with van der Waals surface area (Å²) >= 11 is 0. The number of amides is 1. The van der Waals surface area contributed by atoms with E-state index in [1.807, 2.05) is 11.0 Å². The number of rotatable bonds is 2. The van der Waals surface area contributed by atoms with E-state index in [4.69, 9.17) is 0 Å². The van der Waals surface area contributed by atoms with Crippen molar-refractivity contribution in [3.63, 3.8) is 0 Å². The summed E-state index contributed by atoms with van der Waals surface area (Å²) in [6.07, 6.45) is 2.12. The molecule has 2 aliphatic rings. The number of alkyl halides is 3. The van der Waals surface area contributed by atoms with Crippen LogP contribution in [0.3, 0.4) is 0 Å². The van der Waals surface area contributed by atoms with Crippen molar-refractivity contribution in [2.75, 3.05) is 13.1 Å². The lowest BCUT2D eigenvalue weighted by Gasteiger charge is -2.21. The number of carbonyl (C=O) groups is 1. The van der Waals surface area contributed by atoms with E-state index in [0.717, 1.165) is 10.9 Å². The van der Waals surface area contributed by atoms with Crippen LogP contribution in [0.1, 0.15) is 40.2 Å². The Bertz CT molecular complexity index is 1060. The highest BCUT2D eigenvalue weighted by Crippen LogP contribution is 2.49. The summed E-state index contributed by atoms with van der Waals surface area (Å²) in [6, 6.07) is 7.73. The van der Waals surface area contributed by atoms with Crippen LogP contribution in [-0.2, 0) is 6.18 Å². The first kappa shape index (κ1) is 18.2. The minimum Gasteiger partial charge on any atom is -0.360 e. The number of aromatic amines is 1. The molecule has 1 N–H and O–H groups in total. The number of fused-ring (bicyclic) bond motifs is 2. The van der Waals surface area contributed by atoms with Gasteiger partial charge in [-0.1, -0.05) is 18.2 Å². The van der Waals surface area contributed by atoms with Gasteiger partial charge in [-0.25, -0.2) is 0 Å². The van der Waals surface area contributed by atoms with Crippen molar-refractivity contribution in [2.45, 2.75) is 24.9 Å². The third-order valence-electron chi connectivity index (χ3n) is 6.46. The predicted octanol–water partition coefficient (Wildman–Crippen LogP) is 4.85. The van der Waals surface area contributed by atoms with Crippen molar-refractivity contribution in [3.05, 3.63) is 65.6 Å². The molecule has 5 rings (SSSR count). The van der Waals surface area contributed by atoms with Crippen LogP contribution in [-0.4, -0.2) is 33.9 Å². The van der Waals surface area contributed by atoms with Crippen molar-refractivity contribution in [1.82, 2.24) is 14.9 Å². The number of halogens is 3. The molecule has 1 saturated heterocycles. The van der Waals surface area contributed by atoms with Gasteiger partial charge in [-0.3, -0.25) is 9.78 Å². The fraction of sp³-hybridized carbons (Fsp3) is 0.364. The molecule has 1 aliphatic carbocycles. The topological polar surface area (TPSA) is 49.0 Å². The molecule has 0 bridgehead atoms. The number of hydrogen-bond donors (Lipinski definition) is 1. The number of nitrogens with zero attached hydrogens (tertiary/aromatic N) is 2. The van der Waals surface area contributed by atoms with Crippen LogP contribution >= 0.6 is 0 Å². The lowest BCUT2D eigenvalue weighted by Crippen LogP contribution is -2.29. The predicted molar refractivity (Wildman–Crippen MR) is 102 cm³/mol. The van der Waals surface area contributed by atoms with Crippen LogP contribution in [0.2, 0.25) is 0 Å². The van der Waals surface area contributed by atoms with Gasteiger partial charge < -0.3 is 9.88 Å². The Morgan fingerprint density at radius 3 is 2.55 bits per heavy atom. The second kappa shape index (κ2) is 6.61. The monoisotopic (exact) mass is 399 g/mol. The number of benzene rings is 1. The average Bonchev–Trinajstić information content (AvgIpc) is 3.39. The molecule has 4 nitrogen and oxygen atoms in total. The van der Waals surface area contributed by atoms with Crippen LogP contribution < -0.4 is 0 Å². The molecule has 150 valence electrons. The number of hydrogen-bond acceptors (Lipinski definition) is 2. The zero-order chi connectivity index (χ0) is 20.2. The highest BCUT2D eigenvalue weighted by molar-refractivity contribution is 6.06. The average molecular weight is 399 g/mol. The van der Waals surface area contributed by atoms with E-state index in [9.17, 15) is 18.0 Å². The van der Waals surface area contributed by atoms with Gasteiger partial charge in [-0.2, -0.15) is 13.2 Å². The van der Waals surface area contributed by atoms with E-state index in [0.29, 0.717) is 37.1 Å². The van der Waals surface area contributed by atoms with E-state index in [-0.39, 0.29) is 23.7 Å². The van der Waals surface area contributed by atoms with E-state index in [1.54, 1.807) is 30.7 Å². The molecule has 2 aromatic heterocycles. The summed E-state index contributed by atoms with van der Waals surface area (Å²) < 4.78 is 40.2. The Morgan fingerprint density at radius 1 is 1.10 bits per heavy atom. The highest BCUT2D eigenvalue weighted by Gasteiger charge is 2.45. The van der Waals surface area contributed by atoms with Gasteiger partial charge in [0.15, 0.2) is 0 Å². The summed E-state index contributed by atoms with van der Waals surface area (Å²) in [5.41, 5.74) is 1.35. The molecule has 0 spiro atoms. The molecule has 3 aromatic rings. The molecule has 0 radical (unpaired) electrons. The molecule has 1 aliphatic heterocycles. The maximum absolute atomic E-state index is 13.4. The zero-order valence-electron chi connectivity index (χ0n) is 15.6. The van der Waals surface area contributed by atoms with Crippen molar-refractivity contribution in [2.24, 2.45) is 11.8 Å². The molecule has 29 heavy (non-hydrogen) atoms. The molecule has 7 heteroatoms. The Hall–Kier alpha value is -2.83. The molecular weight excluding hydrogens is 379 g/mol. The first-order valence-corrected chi connectivity index (χ1v) is 9.78. The maximum atomic E-state index is 13.4. The SMILES string of the molecule is O=C(c1c[nH]c2ccncc12)N1C[C@H]2C[C@@H](c3ccccc3C(F)(F)F)C[C@H]2C1. The minimum atomic E-state index is -4.33. The Labute approximate surface area is 165 Å². The van der Waals surface area contributed by atoms with Crippen molar-refractivity contribution < 1.29 is 18.0 Å². The number of aromatic nitrogens is 2. The summed E-state index contributed by atoms with van der Waals surface area (Å²) in [5, 5.41) is 0.798. The summed E-state index contributed by atoms with van der Waals surface area (Å²) in [4.78, 5) is 22.1. The second-order valence-electron chi connectivity index (χ2n) is 8.11. The quantitative estimate of drug-likeness (QED) is 0.670. The fourth-order valence-electron chi connectivity index (χ4n) is 5.14. The number of nitrogens with one attached hydrogen (secondary N) is 1. The van der Waals surface area contributed by atoms with E-state index in [2.05, 4.69) is 9.97 Å². The zero-order valence-corrected chi connectivity index (χ0v) is 15.6. The molecule has 1 aromatic carbocycles. The Morgan fingerprint density at radius 2 is 1.83 bits per heavy atom. The van der Waals surface area contributed by atoms with Gasteiger partial charge in [-0.05, 0) is 48.3 Å². The summed E-state index contributed by atoms with van der Waals surface area (Å²) in [5.74, 6) is 0.352. The maximum Gasteiger partial charge on any atom is 0.416 e. The van der Waals surface area contributed by atoms with Crippen molar-refractivity contribution >= 4 is 16.8 Å². The number of carbonyl (C=O) groups excluding carboxylic acids is 1. The van der Waals surface area contributed by atoms with E-state index in [1.165, 1.54) is 12.1 Å². The van der Waals surface area contributed by atoms with Gasteiger partial charge in [0.2, 0.25) is 0 Å². The van der Waals surface area contributed by atoms with Gasteiger partial charge in [0.1, 0.15) is 0 Å². The van der Waals surface area contributed by atoms with Gasteiger partial charge in [0, 0.05) is 42.6 Å². The molecule has 3 heterocycles. The third kappa shape index (κ3) is 3.09. The van der Waals surface area contributed by atoms with Gasteiger partial charge >= 0.3 is 6.18 Å². The van der Waals surface area contributed by atoms with Gasteiger partial charge in [-0.15, -0.1) is 0 Å². The van der Waals surface area contributed by atoms with Crippen LogP contribution in [0.15, 0.2) is 48.9 Å². The first-order chi connectivity index (χ1) is 13.9. The van der Waals surface area contributed by atoms with Crippen LogP contribution in [0, 0.1) is 11.8 Å². The standard InChI is InChI=1S/C22H20F3N3O/c23-22(24,25)19-4-2-1-3-16(19)13-7-14-11-28(12-15(14)8-13)21(29)18-10-27-20-5-6-26-9-17(18)20/h1-6,9-10,13-15,27H,7-8,11-12H2/t13-,14-,15+. The smallest absolute Gasteiger partial charge is 0.360 e. The molecule has 2 fully saturated rings. The van der Waals surface area contributed by atoms with Gasteiger partial charge in [0.05, 0.1) is 11.1 Å². The van der Waals surface area contributed by atoms with Gasteiger partial charge in [0.25, 0.3) is 5.91 Å². The fourth-order valence-corrected chi connectivity index (χ4v) is 5.14. The van der Waals surface area contributed by atoms with E-state index >= 15 is 0 Å². The van der Waals surface area contributed by atoms with Crippen LogP contribution in [0.5, 0.6) is 0 Å². The summed E-state index contributed by atoms with van der Waals surface area (Å²) in [7, 11) is 0. The van der Waals surface area contributed by atoms with Crippen LogP contribution in [0.4, 0.5) is 13.2 Å². The lowest BCUT2D eigenvalue weighted by atomic mass is 9.91. The summed E-state index contributed by atoms with van der Waals surface area (Å²) in [6.45, 7) is 1.20. The highest BCUT2D eigenvalue weighted by atomic mass is 19.4. The van der Waals surface area contributed by atoms with Crippen molar-refractivity contribution in [1.29, 1.82) is 0 Å². The van der Waals surface area contributed by atoms with Crippen molar-refractivity contribution in [3.8, 4) is 0 Å². The number of pyridine rings is 1. The third-order valence-corrected chi connectivity index (χ3v) is 6.46. The molecule has 1 saturated carbocycles. The first-order valence-electron chi connectivity index (χ1n) is 9.78. The molecular formula is C22H20F3N3O. The van der Waals surface area contributed by atoms with Crippen LogP contribution in [0.25, 0.3) is 10.9 Å². The lowest BCUT2D eigenvalue weighted by molar-refractivity contribution is -0.138.